The zero-order valence-corrected chi connectivity index (χ0v) is 11.7. The minimum atomic E-state index is 0.528. The summed E-state index contributed by atoms with van der Waals surface area (Å²) in [6.45, 7) is 6.55. The van der Waals surface area contributed by atoms with Gasteiger partial charge in [-0.15, -0.1) is 0 Å². The van der Waals surface area contributed by atoms with Crippen LogP contribution in [-0.4, -0.2) is 49.7 Å². The predicted molar refractivity (Wildman–Crippen MR) is 75.9 cm³/mol. The molecule has 2 heterocycles. The van der Waals surface area contributed by atoms with Crippen LogP contribution in [0.1, 0.15) is 18.9 Å². The number of nitrogens with zero attached hydrogens (tertiary/aromatic N) is 3. The second kappa shape index (κ2) is 6.16. The SMILES string of the molecule is CNCc1ccc(N2CCCN(C)CC2C)nc1. The van der Waals surface area contributed by atoms with Crippen LogP contribution < -0.4 is 10.2 Å². The van der Waals surface area contributed by atoms with Crippen molar-refractivity contribution in [2.45, 2.75) is 25.9 Å². The van der Waals surface area contributed by atoms with Crippen molar-refractivity contribution in [2.24, 2.45) is 0 Å². The van der Waals surface area contributed by atoms with Crippen LogP contribution in [0, 0.1) is 0 Å². The van der Waals surface area contributed by atoms with E-state index >= 15 is 0 Å². The number of nitrogens with one attached hydrogen (secondary N) is 1. The summed E-state index contributed by atoms with van der Waals surface area (Å²) in [6.07, 6.45) is 3.19. The van der Waals surface area contributed by atoms with Crippen LogP contribution in [-0.2, 0) is 6.54 Å². The van der Waals surface area contributed by atoms with Crippen LogP contribution in [0.5, 0.6) is 0 Å². The molecule has 1 aliphatic rings. The fourth-order valence-corrected chi connectivity index (χ4v) is 2.61. The molecule has 100 valence electrons. The lowest BCUT2D eigenvalue weighted by molar-refractivity contribution is 0.337. The molecule has 4 heteroatoms. The van der Waals surface area contributed by atoms with Crippen molar-refractivity contribution < 1.29 is 0 Å². The van der Waals surface area contributed by atoms with Gasteiger partial charge >= 0.3 is 0 Å². The van der Waals surface area contributed by atoms with E-state index in [0.717, 1.165) is 25.5 Å². The van der Waals surface area contributed by atoms with E-state index in [1.807, 2.05) is 13.2 Å². The molecule has 1 aromatic rings. The fraction of sp³-hybridized carbons (Fsp3) is 0.643. The topological polar surface area (TPSA) is 31.4 Å². The van der Waals surface area contributed by atoms with Gasteiger partial charge in [0, 0.05) is 31.9 Å². The zero-order chi connectivity index (χ0) is 13.0. The second-order valence-corrected chi connectivity index (χ2v) is 5.21. The molecule has 1 N–H and O–H groups in total. The Bertz CT molecular complexity index is 363. The molecule has 2 rings (SSSR count). The van der Waals surface area contributed by atoms with Crippen molar-refractivity contribution in [1.82, 2.24) is 15.2 Å². The Morgan fingerprint density at radius 3 is 2.89 bits per heavy atom. The van der Waals surface area contributed by atoms with E-state index in [-0.39, 0.29) is 0 Å². The van der Waals surface area contributed by atoms with E-state index in [0.29, 0.717) is 6.04 Å². The summed E-state index contributed by atoms with van der Waals surface area (Å²) < 4.78 is 0. The molecule has 1 fully saturated rings. The van der Waals surface area contributed by atoms with Gasteiger partial charge in [0.1, 0.15) is 5.82 Å². The second-order valence-electron chi connectivity index (χ2n) is 5.21. The van der Waals surface area contributed by atoms with E-state index in [2.05, 4.69) is 46.2 Å². The summed E-state index contributed by atoms with van der Waals surface area (Å²) >= 11 is 0. The monoisotopic (exact) mass is 248 g/mol. The molecule has 1 aliphatic heterocycles. The van der Waals surface area contributed by atoms with Crippen molar-refractivity contribution >= 4 is 5.82 Å². The Balaban J connectivity index is 2.09. The molecule has 18 heavy (non-hydrogen) atoms. The molecule has 1 atom stereocenters. The maximum absolute atomic E-state index is 4.61. The number of aromatic nitrogens is 1. The van der Waals surface area contributed by atoms with E-state index in [4.69, 9.17) is 0 Å². The summed E-state index contributed by atoms with van der Waals surface area (Å²) in [4.78, 5) is 9.43. The Labute approximate surface area is 110 Å². The van der Waals surface area contributed by atoms with Gasteiger partial charge in [0.2, 0.25) is 0 Å². The third-order valence-electron chi connectivity index (χ3n) is 3.53. The van der Waals surface area contributed by atoms with Gasteiger partial charge in [-0.05, 0) is 45.6 Å². The molecule has 0 saturated carbocycles. The lowest BCUT2D eigenvalue weighted by Gasteiger charge is -2.29. The van der Waals surface area contributed by atoms with Crippen molar-refractivity contribution in [2.75, 3.05) is 38.6 Å². The number of hydrogen-bond acceptors (Lipinski definition) is 4. The Hall–Kier alpha value is -1.13. The molecular formula is C14H24N4. The summed E-state index contributed by atoms with van der Waals surface area (Å²) in [5, 5.41) is 3.15. The van der Waals surface area contributed by atoms with Gasteiger partial charge in [-0.2, -0.15) is 0 Å². The highest BCUT2D eigenvalue weighted by atomic mass is 15.3. The van der Waals surface area contributed by atoms with Crippen molar-refractivity contribution in [3.8, 4) is 0 Å². The fourth-order valence-electron chi connectivity index (χ4n) is 2.61. The lowest BCUT2D eigenvalue weighted by atomic mass is 10.2. The molecule has 0 amide bonds. The highest BCUT2D eigenvalue weighted by Crippen LogP contribution is 2.18. The molecule has 1 aromatic heterocycles. The van der Waals surface area contributed by atoms with Crippen LogP contribution in [0.25, 0.3) is 0 Å². The molecule has 4 nitrogen and oxygen atoms in total. The molecule has 0 radical (unpaired) electrons. The van der Waals surface area contributed by atoms with Gasteiger partial charge in [-0.25, -0.2) is 4.98 Å². The average Bonchev–Trinajstić information content (AvgIpc) is 2.52. The molecule has 1 unspecified atom stereocenters. The number of anilines is 1. The maximum atomic E-state index is 4.61. The molecule has 0 aromatic carbocycles. The van der Waals surface area contributed by atoms with Crippen molar-refractivity contribution in [3.05, 3.63) is 23.9 Å². The smallest absolute Gasteiger partial charge is 0.128 e. The predicted octanol–water partition coefficient (Wildman–Crippen LogP) is 1.33. The molecule has 0 bridgehead atoms. The van der Waals surface area contributed by atoms with Gasteiger partial charge in [-0.1, -0.05) is 6.07 Å². The maximum Gasteiger partial charge on any atom is 0.128 e. The molecular weight excluding hydrogens is 224 g/mol. The van der Waals surface area contributed by atoms with Crippen LogP contribution in [0.3, 0.4) is 0 Å². The van der Waals surface area contributed by atoms with Crippen LogP contribution in [0.2, 0.25) is 0 Å². The highest BCUT2D eigenvalue weighted by Gasteiger charge is 2.20. The van der Waals surface area contributed by atoms with Gasteiger partial charge in [0.05, 0.1) is 0 Å². The van der Waals surface area contributed by atoms with E-state index < -0.39 is 0 Å². The van der Waals surface area contributed by atoms with Crippen molar-refractivity contribution in [3.63, 3.8) is 0 Å². The van der Waals surface area contributed by atoms with E-state index in [1.54, 1.807) is 0 Å². The largest absolute Gasteiger partial charge is 0.353 e. The van der Waals surface area contributed by atoms with Crippen molar-refractivity contribution in [1.29, 1.82) is 0 Å². The van der Waals surface area contributed by atoms with Gasteiger partial charge in [0.15, 0.2) is 0 Å². The first-order valence-electron chi connectivity index (χ1n) is 6.75. The third kappa shape index (κ3) is 3.21. The average molecular weight is 248 g/mol. The summed E-state index contributed by atoms with van der Waals surface area (Å²) in [7, 11) is 4.16. The van der Waals surface area contributed by atoms with Gasteiger partial charge < -0.3 is 15.1 Å². The Morgan fingerprint density at radius 2 is 2.22 bits per heavy atom. The normalized spacial score (nSPS) is 21.9. The highest BCUT2D eigenvalue weighted by molar-refractivity contribution is 5.40. The quantitative estimate of drug-likeness (QED) is 0.874. The lowest BCUT2D eigenvalue weighted by Crippen LogP contribution is -2.38. The molecule has 0 spiro atoms. The van der Waals surface area contributed by atoms with Crippen LogP contribution >= 0.6 is 0 Å². The number of hydrogen-bond donors (Lipinski definition) is 1. The molecule has 0 aliphatic carbocycles. The van der Waals surface area contributed by atoms with E-state index in [9.17, 15) is 0 Å². The third-order valence-corrected chi connectivity index (χ3v) is 3.53. The number of likely N-dealkylation sites (N-methyl/N-ethyl adjacent to an activating group) is 1. The van der Waals surface area contributed by atoms with E-state index in [1.165, 1.54) is 18.5 Å². The first-order chi connectivity index (χ1) is 8.70. The minimum Gasteiger partial charge on any atom is -0.353 e. The van der Waals surface area contributed by atoms with Gasteiger partial charge in [0.25, 0.3) is 0 Å². The van der Waals surface area contributed by atoms with Crippen LogP contribution in [0.15, 0.2) is 18.3 Å². The molecule has 1 saturated heterocycles. The Morgan fingerprint density at radius 1 is 1.39 bits per heavy atom. The number of rotatable bonds is 3. The Kier molecular flexibility index (Phi) is 4.55. The zero-order valence-electron chi connectivity index (χ0n) is 11.7. The first-order valence-corrected chi connectivity index (χ1v) is 6.75. The summed E-state index contributed by atoms with van der Waals surface area (Å²) in [5.41, 5.74) is 1.24. The summed E-state index contributed by atoms with van der Waals surface area (Å²) in [6, 6.07) is 4.84. The van der Waals surface area contributed by atoms with Gasteiger partial charge in [-0.3, -0.25) is 0 Å². The standard InChI is InChI=1S/C14H24N4/c1-12-11-17(3)7-4-8-18(12)14-6-5-13(9-15-2)10-16-14/h5-6,10,12,15H,4,7-9,11H2,1-3H3. The minimum absolute atomic E-state index is 0.528. The number of pyridine rings is 1. The first kappa shape index (κ1) is 13.3. The summed E-state index contributed by atoms with van der Waals surface area (Å²) in [5.74, 6) is 1.11. The van der Waals surface area contributed by atoms with Crippen LogP contribution in [0.4, 0.5) is 5.82 Å².